The monoisotopic (exact) mass is 259 g/mol. The first-order valence-corrected chi connectivity index (χ1v) is 4.95. The van der Waals surface area contributed by atoms with Gasteiger partial charge in [0.2, 0.25) is 0 Å². The van der Waals surface area contributed by atoms with E-state index in [1.165, 1.54) is 6.07 Å². The third kappa shape index (κ3) is 2.30. The molecule has 1 rings (SSSR count). The van der Waals surface area contributed by atoms with Crippen LogP contribution in [-0.2, 0) is 0 Å². The topological polar surface area (TPSA) is 50.4 Å². The summed E-state index contributed by atoms with van der Waals surface area (Å²) in [5.74, 6) is 5.25. The number of aliphatic imine (C=N–C) groups is 1. The van der Waals surface area contributed by atoms with Gasteiger partial charge in [-0.05, 0) is 35.0 Å². The molecule has 0 bridgehead atoms. The van der Waals surface area contributed by atoms with E-state index in [1.807, 2.05) is 6.92 Å². The Kier molecular flexibility index (Phi) is 4.03. The Morgan fingerprint density at radius 2 is 2.36 bits per heavy atom. The molecular weight excluding hydrogens is 249 g/mol. The van der Waals surface area contributed by atoms with Gasteiger partial charge < -0.3 is 5.43 Å². The molecule has 14 heavy (non-hydrogen) atoms. The van der Waals surface area contributed by atoms with Crippen LogP contribution in [-0.4, -0.2) is 12.4 Å². The van der Waals surface area contributed by atoms with Crippen molar-refractivity contribution < 1.29 is 4.39 Å². The van der Waals surface area contributed by atoms with E-state index in [0.29, 0.717) is 22.4 Å². The SMILES string of the molecule is CCN=C(NN)c1c(F)cccc1Br. The first-order valence-electron chi connectivity index (χ1n) is 4.16. The minimum atomic E-state index is -0.357. The summed E-state index contributed by atoms with van der Waals surface area (Å²) in [6.45, 7) is 2.40. The molecule has 0 saturated heterocycles. The molecule has 0 fully saturated rings. The highest BCUT2D eigenvalue weighted by molar-refractivity contribution is 9.10. The fraction of sp³-hybridized carbons (Fsp3) is 0.222. The zero-order chi connectivity index (χ0) is 10.6. The molecule has 0 saturated carbocycles. The van der Waals surface area contributed by atoms with E-state index in [4.69, 9.17) is 5.84 Å². The number of halogens is 2. The lowest BCUT2D eigenvalue weighted by molar-refractivity contribution is 0.623. The van der Waals surface area contributed by atoms with E-state index in [1.54, 1.807) is 12.1 Å². The normalized spacial score (nSPS) is 11.6. The van der Waals surface area contributed by atoms with E-state index < -0.39 is 0 Å². The zero-order valence-corrected chi connectivity index (χ0v) is 9.31. The molecule has 1 aromatic rings. The molecule has 0 atom stereocenters. The van der Waals surface area contributed by atoms with Crippen molar-refractivity contribution in [1.29, 1.82) is 0 Å². The Balaban J connectivity index is 3.22. The van der Waals surface area contributed by atoms with Crippen molar-refractivity contribution in [2.24, 2.45) is 10.8 Å². The largest absolute Gasteiger partial charge is 0.308 e. The fourth-order valence-electron chi connectivity index (χ4n) is 1.08. The van der Waals surface area contributed by atoms with Crippen LogP contribution in [0.1, 0.15) is 12.5 Å². The fourth-order valence-corrected chi connectivity index (χ4v) is 1.61. The van der Waals surface area contributed by atoms with Gasteiger partial charge in [-0.25, -0.2) is 10.2 Å². The Bertz CT molecular complexity index is 332. The summed E-state index contributed by atoms with van der Waals surface area (Å²) < 4.78 is 14.0. The van der Waals surface area contributed by atoms with Crippen molar-refractivity contribution in [3.63, 3.8) is 0 Å². The second-order valence-corrected chi connectivity index (χ2v) is 3.42. The minimum absolute atomic E-state index is 0.345. The number of benzene rings is 1. The molecule has 0 aliphatic carbocycles. The number of hydrazine groups is 1. The van der Waals surface area contributed by atoms with Crippen LogP contribution >= 0.6 is 15.9 Å². The number of rotatable bonds is 2. The van der Waals surface area contributed by atoms with Crippen molar-refractivity contribution in [2.75, 3.05) is 6.54 Å². The smallest absolute Gasteiger partial charge is 0.146 e. The van der Waals surface area contributed by atoms with E-state index >= 15 is 0 Å². The molecule has 5 heteroatoms. The van der Waals surface area contributed by atoms with Crippen LogP contribution in [0.3, 0.4) is 0 Å². The molecule has 0 radical (unpaired) electrons. The average molecular weight is 260 g/mol. The van der Waals surface area contributed by atoms with Crippen LogP contribution < -0.4 is 11.3 Å². The Labute approximate surface area is 90.3 Å². The van der Waals surface area contributed by atoms with Crippen LogP contribution in [0.4, 0.5) is 4.39 Å². The standard InChI is InChI=1S/C9H11BrFN3/c1-2-13-9(14-12)8-6(10)4-3-5-7(8)11/h3-5H,2,12H2,1H3,(H,13,14). The van der Waals surface area contributed by atoms with E-state index in [2.05, 4.69) is 26.3 Å². The molecule has 0 spiro atoms. The van der Waals surface area contributed by atoms with Gasteiger partial charge in [0.25, 0.3) is 0 Å². The van der Waals surface area contributed by atoms with Crippen molar-refractivity contribution >= 4 is 21.8 Å². The maximum absolute atomic E-state index is 13.4. The quantitative estimate of drug-likeness (QED) is 0.369. The lowest BCUT2D eigenvalue weighted by Crippen LogP contribution is -2.32. The first kappa shape index (κ1) is 11.1. The van der Waals surface area contributed by atoms with Crippen molar-refractivity contribution in [1.82, 2.24) is 5.43 Å². The summed E-state index contributed by atoms with van der Waals surface area (Å²) in [6.07, 6.45) is 0. The van der Waals surface area contributed by atoms with Crippen molar-refractivity contribution in [3.05, 3.63) is 34.1 Å². The number of hydrogen-bond acceptors (Lipinski definition) is 2. The summed E-state index contributed by atoms with van der Waals surface area (Å²) in [6, 6.07) is 4.71. The van der Waals surface area contributed by atoms with Crippen LogP contribution in [0.25, 0.3) is 0 Å². The predicted octanol–water partition coefficient (Wildman–Crippen LogP) is 1.82. The van der Waals surface area contributed by atoms with E-state index in [-0.39, 0.29) is 5.82 Å². The molecule has 0 aliphatic rings. The van der Waals surface area contributed by atoms with Gasteiger partial charge in [-0.2, -0.15) is 0 Å². The van der Waals surface area contributed by atoms with Gasteiger partial charge in [-0.1, -0.05) is 6.07 Å². The van der Waals surface area contributed by atoms with Crippen LogP contribution in [0.5, 0.6) is 0 Å². The van der Waals surface area contributed by atoms with Crippen LogP contribution in [0.2, 0.25) is 0 Å². The first-order chi connectivity index (χ1) is 6.70. The second kappa shape index (κ2) is 5.07. The third-order valence-corrected chi connectivity index (χ3v) is 2.31. The predicted molar refractivity (Wildman–Crippen MR) is 58.5 cm³/mol. The maximum atomic E-state index is 13.4. The van der Waals surface area contributed by atoms with Gasteiger partial charge >= 0.3 is 0 Å². The molecule has 0 unspecified atom stereocenters. The minimum Gasteiger partial charge on any atom is -0.308 e. The number of nitrogens with two attached hydrogens (primary N) is 1. The van der Waals surface area contributed by atoms with E-state index in [9.17, 15) is 4.39 Å². The van der Waals surface area contributed by atoms with Crippen LogP contribution in [0, 0.1) is 5.82 Å². The highest BCUT2D eigenvalue weighted by atomic mass is 79.9. The lowest BCUT2D eigenvalue weighted by atomic mass is 10.2. The number of nitrogens with one attached hydrogen (secondary N) is 1. The van der Waals surface area contributed by atoms with Gasteiger partial charge in [-0.3, -0.25) is 4.99 Å². The van der Waals surface area contributed by atoms with Crippen molar-refractivity contribution in [2.45, 2.75) is 6.92 Å². The number of hydrogen-bond donors (Lipinski definition) is 2. The molecule has 0 heterocycles. The van der Waals surface area contributed by atoms with Crippen molar-refractivity contribution in [3.8, 4) is 0 Å². The van der Waals surface area contributed by atoms with E-state index in [0.717, 1.165) is 0 Å². The molecule has 0 aromatic heterocycles. The van der Waals surface area contributed by atoms with Gasteiger partial charge in [0, 0.05) is 11.0 Å². The Hall–Kier alpha value is -0.940. The summed E-state index contributed by atoms with van der Waals surface area (Å²) in [5.41, 5.74) is 2.74. The summed E-state index contributed by atoms with van der Waals surface area (Å²) >= 11 is 3.24. The van der Waals surface area contributed by atoms with Crippen LogP contribution in [0.15, 0.2) is 27.7 Å². The highest BCUT2D eigenvalue weighted by Crippen LogP contribution is 2.19. The van der Waals surface area contributed by atoms with Gasteiger partial charge in [0.15, 0.2) is 0 Å². The van der Waals surface area contributed by atoms with Gasteiger partial charge in [0.1, 0.15) is 11.7 Å². The zero-order valence-electron chi connectivity index (χ0n) is 7.72. The molecule has 76 valence electrons. The lowest BCUT2D eigenvalue weighted by Gasteiger charge is -2.08. The van der Waals surface area contributed by atoms with Gasteiger partial charge in [0.05, 0.1) is 5.56 Å². The Morgan fingerprint density at radius 1 is 1.64 bits per heavy atom. The molecular formula is C9H11BrFN3. The summed E-state index contributed by atoms with van der Waals surface area (Å²) in [4.78, 5) is 4.05. The summed E-state index contributed by atoms with van der Waals surface area (Å²) in [7, 11) is 0. The maximum Gasteiger partial charge on any atom is 0.146 e. The third-order valence-electron chi connectivity index (χ3n) is 1.65. The summed E-state index contributed by atoms with van der Waals surface area (Å²) in [5, 5.41) is 0. The number of nitrogens with zero attached hydrogens (tertiary/aromatic N) is 1. The molecule has 3 nitrogen and oxygen atoms in total. The molecule has 1 aromatic carbocycles. The average Bonchev–Trinajstić information content (AvgIpc) is 2.16. The molecule has 0 amide bonds. The number of amidine groups is 1. The Morgan fingerprint density at radius 3 is 2.86 bits per heavy atom. The second-order valence-electron chi connectivity index (χ2n) is 2.56. The molecule has 3 N–H and O–H groups in total. The van der Waals surface area contributed by atoms with Gasteiger partial charge in [-0.15, -0.1) is 0 Å². The highest BCUT2D eigenvalue weighted by Gasteiger charge is 2.11. The molecule has 0 aliphatic heterocycles.